The number of hydrogen-bond acceptors (Lipinski definition) is 4. The first-order chi connectivity index (χ1) is 11.8. The molecule has 7 heteroatoms. The number of benzene rings is 1. The van der Waals surface area contributed by atoms with Crippen LogP contribution in [0.4, 0.5) is 0 Å². The molecule has 0 atom stereocenters. The molecule has 0 fully saturated rings. The Hall–Kier alpha value is -2.44. The molecule has 0 unspecified atom stereocenters. The second-order valence-corrected chi connectivity index (χ2v) is 6.64. The van der Waals surface area contributed by atoms with Gasteiger partial charge in [0.15, 0.2) is 4.77 Å². The van der Waals surface area contributed by atoms with E-state index in [1.165, 1.54) is 4.57 Å². The molecule has 0 aliphatic carbocycles. The van der Waals surface area contributed by atoms with Crippen LogP contribution >= 0.6 is 23.8 Å². The van der Waals surface area contributed by atoms with E-state index >= 15 is 0 Å². The lowest BCUT2D eigenvalue weighted by molar-refractivity contribution is 0.432. The maximum absolute atomic E-state index is 12.3. The number of aromatic amines is 1. The molecule has 1 aromatic carbocycles. The molecule has 1 aliphatic heterocycles. The third-order valence-corrected chi connectivity index (χ3v) is 4.65. The number of aromatic hydroxyl groups is 1. The molecular formula is C18H16ClN3O2S. The Morgan fingerprint density at radius 2 is 2.04 bits per heavy atom. The molecule has 5 nitrogen and oxygen atoms in total. The summed E-state index contributed by atoms with van der Waals surface area (Å²) in [5.41, 5.74) is 3.51. The zero-order chi connectivity index (χ0) is 18.3. The highest BCUT2D eigenvalue weighted by Gasteiger charge is 2.15. The van der Waals surface area contributed by atoms with Crippen molar-refractivity contribution in [1.29, 1.82) is 0 Å². The van der Waals surface area contributed by atoms with E-state index in [4.69, 9.17) is 23.8 Å². The zero-order valence-corrected chi connectivity index (χ0v) is 15.5. The zero-order valence-electron chi connectivity index (χ0n) is 13.9. The van der Waals surface area contributed by atoms with Gasteiger partial charge in [0.05, 0.1) is 5.69 Å². The smallest absolute Gasteiger partial charge is 0.262 e. The summed E-state index contributed by atoms with van der Waals surface area (Å²) in [6, 6.07) is 5.29. The molecule has 25 heavy (non-hydrogen) atoms. The summed E-state index contributed by atoms with van der Waals surface area (Å²) in [5.74, 6) is -0.244. The first-order valence-electron chi connectivity index (χ1n) is 7.58. The Kier molecular flexibility index (Phi) is 4.49. The molecule has 2 aromatic rings. The molecule has 0 amide bonds. The molecule has 3 rings (SSSR count). The fourth-order valence-corrected chi connectivity index (χ4v) is 3.08. The highest BCUT2D eigenvalue weighted by atomic mass is 35.5. The molecule has 0 saturated heterocycles. The molecule has 128 valence electrons. The lowest BCUT2D eigenvalue weighted by Gasteiger charge is -2.12. The number of rotatable bonds is 2. The number of allylic oxidation sites excluding steroid dienone is 3. The second-order valence-electron chi connectivity index (χ2n) is 5.85. The van der Waals surface area contributed by atoms with Crippen LogP contribution in [0.1, 0.15) is 25.0 Å². The van der Waals surface area contributed by atoms with Gasteiger partial charge in [-0.25, -0.2) is 0 Å². The summed E-state index contributed by atoms with van der Waals surface area (Å²) in [6.45, 7) is 5.60. The molecule has 0 saturated carbocycles. The molecule has 1 aliphatic rings. The van der Waals surface area contributed by atoms with Crippen LogP contribution in [0.5, 0.6) is 5.88 Å². The van der Waals surface area contributed by atoms with Gasteiger partial charge in [-0.3, -0.25) is 19.3 Å². The first kappa shape index (κ1) is 17.4. The number of nitrogens with zero attached hydrogens (tertiary/aromatic N) is 2. The molecule has 2 heterocycles. The largest absolute Gasteiger partial charge is 0.494 e. The summed E-state index contributed by atoms with van der Waals surface area (Å²) < 4.78 is 1.47. The van der Waals surface area contributed by atoms with Crippen molar-refractivity contribution >= 4 is 35.6 Å². The predicted molar refractivity (Wildman–Crippen MR) is 103 cm³/mol. The fourth-order valence-electron chi connectivity index (χ4n) is 2.62. The SMILES string of the molecule is CC1=C/C(=C\c2c(O)n(-c3ccc(C)c(Cl)c3)c(=S)[nH]c2=O)C(C)=N1. The van der Waals surface area contributed by atoms with E-state index in [2.05, 4.69) is 9.98 Å². The first-order valence-corrected chi connectivity index (χ1v) is 8.37. The van der Waals surface area contributed by atoms with E-state index in [-0.39, 0.29) is 16.2 Å². The van der Waals surface area contributed by atoms with E-state index in [0.717, 1.165) is 22.5 Å². The fraction of sp³-hybridized carbons (Fsp3) is 0.167. The quantitative estimate of drug-likeness (QED) is 0.770. The molecule has 0 spiro atoms. The van der Waals surface area contributed by atoms with Gasteiger partial charge in [0.2, 0.25) is 5.88 Å². The van der Waals surface area contributed by atoms with Gasteiger partial charge in [0, 0.05) is 16.4 Å². The summed E-state index contributed by atoms with van der Waals surface area (Å²) >= 11 is 11.4. The molecule has 0 bridgehead atoms. The Morgan fingerprint density at radius 3 is 2.64 bits per heavy atom. The monoisotopic (exact) mass is 373 g/mol. The molecule has 1 aromatic heterocycles. The minimum absolute atomic E-state index is 0.0908. The van der Waals surface area contributed by atoms with Gasteiger partial charge in [-0.2, -0.15) is 0 Å². The van der Waals surface area contributed by atoms with Crippen molar-refractivity contribution in [2.24, 2.45) is 4.99 Å². The van der Waals surface area contributed by atoms with Gasteiger partial charge in [-0.05, 0) is 68.4 Å². The summed E-state index contributed by atoms with van der Waals surface area (Å²) in [4.78, 5) is 19.2. The van der Waals surface area contributed by atoms with Crippen molar-refractivity contribution in [3.63, 3.8) is 0 Å². The van der Waals surface area contributed by atoms with Crippen LogP contribution in [-0.2, 0) is 0 Å². The average Bonchev–Trinajstić information content (AvgIpc) is 2.84. The van der Waals surface area contributed by atoms with E-state index in [1.807, 2.05) is 32.9 Å². The molecule has 0 radical (unpaired) electrons. The van der Waals surface area contributed by atoms with Crippen molar-refractivity contribution in [2.75, 3.05) is 0 Å². The van der Waals surface area contributed by atoms with Crippen molar-refractivity contribution in [3.8, 4) is 11.6 Å². The Morgan fingerprint density at radius 1 is 1.32 bits per heavy atom. The third kappa shape index (κ3) is 3.23. The number of H-pyrrole nitrogens is 1. The van der Waals surface area contributed by atoms with Gasteiger partial charge in [0.25, 0.3) is 5.56 Å². The summed E-state index contributed by atoms with van der Waals surface area (Å²) in [6.07, 6.45) is 3.45. The van der Waals surface area contributed by atoms with Gasteiger partial charge in [0.1, 0.15) is 5.56 Å². The van der Waals surface area contributed by atoms with Crippen molar-refractivity contribution < 1.29 is 5.11 Å². The number of aryl methyl sites for hydroxylation is 1. The number of nitrogens with one attached hydrogen (secondary N) is 1. The van der Waals surface area contributed by atoms with Crippen molar-refractivity contribution in [3.05, 3.63) is 66.8 Å². The second kappa shape index (κ2) is 6.46. The van der Waals surface area contributed by atoms with E-state index in [0.29, 0.717) is 10.7 Å². The third-order valence-electron chi connectivity index (χ3n) is 3.96. The summed E-state index contributed by atoms with van der Waals surface area (Å²) in [5, 5.41) is 11.2. The maximum Gasteiger partial charge on any atom is 0.262 e. The van der Waals surface area contributed by atoms with Crippen LogP contribution < -0.4 is 5.56 Å². The number of aliphatic imine (C=N–C) groups is 1. The van der Waals surface area contributed by atoms with Gasteiger partial charge < -0.3 is 5.11 Å². The topological polar surface area (TPSA) is 70.4 Å². The summed E-state index contributed by atoms with van der Waals surface area (Å²) in [7, 11) is 0. The van der Waals surface area contributed by atoms with Crippen LogP contribution in [-0.4, -0.2) is 20.4 Å². The Bertz CT molecular complexity index is 1090. The normalized spacial score (nSPS) is 15.4. The minimum Gasteiger partial charge on any atom is -0.494 e. The van der Waals surface area contributed by atoms with Crippen LogP contribution in [0.15, 0.2) is 45.3 Å². The van der Waals surface area contributed by atoms with Gasteiger partial charge in [-0.15, -0.1) is 0 Å². The van der Waals surface area contributed by atoms with Crippen molar-refractivity contribution in [2.45, 2.75) is 20.8 Å². The Balaban J connectivity index is 2.25. The van der Waals surface area contributed by atoms with Gasteiger partial charge in [-0.1, -0.05) is 17.7 Å². The highest BCUT2D eigenvalue weighted by molar-refractivity contribution is 7.71. The number of aromatic nitrogens is 2. The van der Waals surface area contributed by atoms with Crippen LogP contribution in [0.25, 0.3) is 11.8 Å². The lowest BCUT2D eigenvalue weighted by Crippen LogP contribution is -2.16. The number of halogens is 1. The minimum atomic E-state index is -0.463. The maximum atomic E-state index is 12.3. The lowest BCUT2D eigenvalue weighted by atomic mass is 10.1. The highest BCUT2D eigenvalue weighted by Crippen LogP contribution is 2.26. The van der Waals surface area contributed by atoms with E-state index < -0.39 is 5.56 Å². The van der Waals surface area contributed by atoms with E-state index in [9.17, 15) is 9.90 Å². The average molecular weight is 374 g/mol. The predicted octanol–water partition coefficient (Wildman–Crippen LogP) is 4.32. The van der Waals surface area contributed by atoms with Crippen molar-refractivity contribution in [1.82, 2.24) is 9.55 Å². The number of hydrogen-bond donors (Lipinski definition) is 2. The molecule has 2 N–H and O–H groups in total. The van der Waals surface area contributed by atoms with Crippen LogP contribution in [0.3, 0.4) is 0 Å². The van der Waals surface area contributed by atoms with Crippen LogP contribution in [0.2, 0.25) is 5.02 Å². The standard InChI is InChI=1S/C18H16ClN3O2S/c1-9-4-5-13(8-15(9)19)22-17(24)14(16(23)21-18(22)25)7-12-6-10(2)20-11(12)3/h4-8,24H,1-3H3,(H,21,23,25)/b12-7+. The Labute approximate surface area is 154 Å². The van der Waals surface area contributed by atoms with Crippen LogP contribution in [0, 0.1) is 11.7 Å². The van der Waals surface area contributed by atoms with E-state index in [1.54, 1.807) is 18.2 Å². The molecular weight excluding hydrogens is 358 g/mol. The van der Waals surface area contributed by atoms with Gasteiger partial charge >= 0.3 is 0 Å².